The number of cyclic esters (lactones) is 2. The van der Waals surface area contributed by atoms with Crippen LogP contribution in [0.3, 0.4) is 0 Å². The van der Waals surface area contributed by atoms with Gasteiger partial charge in [0.05, 0.1) is 26.2 Å². The zero-order valence-corrected chi connectivity index (χ0v) is 11.5. The van der Waals surface area contributed by atoms with E-state index >= 15 is 0 Å². The van der Waals surface area contributed by atoms with Crippen molar-refractivity contribution in [3.8, 4) is 0 Å². The van der Waals surface area contributed by atoms with E-state index in [0.29, 0.717) is 6.54 Å². The van der Waals surface area contributed by atoms with Gasteiger partial charge in [0.15, 0.2) is 0 Å². The summed E-state index contributed by atoms with van der Waals surface area (Å²) in [6, 6.07) is -0.115. The van der Waals surface area contributed by atoms with Gasteiger partial charge in [-0.25, -0.2) is 0 Å². The smallest absolute Gasteiger partial charge is 0.327 e. The minimum Gasteiger partial charge on any atom is -0.391 e. The summed E-state index contributed by atoms with van der Waals surface area (Å²) in [7, 11) is 1.46. The van der Waals surface area contributed by atoms with Crippen LogP contribution in [-0.4, -0.2) is 84.3 Å². The van der Waals surface area contributed by atoms with Gasteiger partial charge in [0.1, 0.15) is 0 Å². The molecular formula is C12H17N3O5. The van der Waals surface area contributed by atoms with Crippen molar-refractivity contribution in [3.63, 3.8) is 0 Å². The molecule has 2 aliphatic heterocycles. The maximum Gasteiger partial charge on any atom is 0.327 e. The van der Waals surface area contributed by atoms with Gasteiger partial charge in [-0.15, -0.1) is 0 Å². The zero-order valence-electron chi connectivity index (χ0n) is 11.5. The Kier molecular flexibility index (Phi) is 4.15. The Morgan fingerprint density at radius 1 is 1.00 bits per heavy atom. The van der Waals surface area contributed by atoms with Crippen molar-refractivity contribution in [1.82, 2.24) is 14.7 Å². The Labute approximate surface area is 116 Å². The normalized spacial score (nSPS) is 24.0. The standard InChI is InChI=1S/C12H17N3O5/c1-8(3-14-6-11(18)20-12(19)7-14)15-4-9(16)13(2)10(17)5-15/h8H,3-7H2,1-2H3/t8-/m0/s1. The number of hydrogen-bond acceptors (Lipinski definition) is 7. The summed E-state index contributed by atoms with van der Waals surface area (Å²) in [5.41, 5.74) is 0. The van der Waals surface area contributed by atoms with E-state index < -0.39 is 11.9 Å². The summed E-state index contributed by atoms with van der Waals surface area (Å²) in [6.07, 6.45) is 0. The number of morpholine rings is 1. The number of rotatable bonds is 3. The minimum absolute atomic E-state index is 0.0473. The van der Waals surface area contributed by atoms with Gasteiger partial charge >= 0.3 is 11.9 Å². The van der Waals surface area contributed by atoms with Gasteiger partial charge in [-0.3, -0.25) is 33.9 Å². The van der Waals surface area contributed by atoms with E-state index in [1.165, 1.54) is 7.05 Å². The molecule has 110 valence electrons. The molecule has 2 rings (SSSR count). The molecule has 20 heavy (non-hydrogen) atoms. The third-order valence-corrected chi connectivity index (χ3v) is 3.50. The van der Waals surface area contributed by atoms with Crippen LogP contribution in [0.4, 0.5) is 0 Å². The first-order valence-corrected chi connectivity index (χ1v) is 6.36. The predicted octanol–water partition coefficient (Wildman–Crippen LogP) is -1.94. The number of nitrogens with zero attached hydrogens (tertiary/aromatic N) is 3. The largest absolute Gasteiger partial charge is 0.391 e. The fourth-order valence-electron chi connectivity index (χ4n) is 2.30. The van der Waals surface area contributed by atoms with Gasteiger partial charge < -0.3 is 4.74 Å². The van der Waals surface area contributed by atoms with Gasteiger partial charge in [-0.1, -0.05) is 0 Å². The van der Waals surface area contributed by atoms with Gasteiger partial charge in [0.2, 0.25) is 11.8 Å². The quantitative estimate of drug-likeness (QED) is 0.338. The highest BCUT2D eigenvalue weighted by molar-refractivity contribution is 5.99. The molecule has 0 radical (unpaired) electrons. The SMILES string of the molecule is C[C@@H](CN1CC(=O)OC(=O)C1)N1CC(=O)N(C)C(=O)C1. The molecule has 0 aromatic heterocycles. The highest BCUT2D eigenvalue weighted by Gasteiger charge is 2.33. The Balaban J connectivity index is 1.93. The number of hydrogen-bond donors (Lipinski definition) is 0. The second-order valence-electron chi connectivity index (χ2n) is 5.12. The molecule has 0 saturated carbocycles. The molecule has 0 N–H and O–H groups in total. The lowest BCUT2D eigenvalue weighted by Crippen LogP contribution is -2.57. The summed E-state index contributed by atoms with van der Waals surface area (Å²) >= 11 is 0. The maximum absolute atomic E-state index is 11.6. The Morgan fingerprint density at radius 3 is 2.00 bits per heavy atom. The molecule has 2 fully saturated rings. The summed E-state index contributed by atoms with van der Waals surface area (Å²) in [5, 5.41) is 0. The lowest BCUT2D eigenvalue weighted by Gasteiger charge is -2.37. The van der Waals surface area contributed by atoms with Crippen LogP contribution < -0.4 is 0 Å². The van der Waals surface area contributed by atoms with Crippen LogP contribution >= 0.6 is 0 Å². The maximum atomic E-state index is 11.6. The first kappa shape index (κ1) is 14.6. The number of ether oxygens (including phenoxy) is 1. The fourth-order valence-corrected chi connectivity index (χ4v) is 2.30. The van der Waals surface area contributed by atoms with Gasteiger partial charge in [-0.05, 0) is 6.92 Å². The van der Waals surface area contributed by atoms with Crippen molar-refractivity contribution in [2.24, 2.45) is 0 Å². The van der Waals surface area contributed by atoms with E-state index in [-0.39, 0.29) is 44.0 Å². The lowest BCUT2D eigenvalue weighted by atomic mass is 10.2. The molecule has 0 bridgehead atoms. The first-order chi connectivity index (χ1) is 9.36. The first-order valence-electron chi connectivity index (χ1n) is 6.36. The van der Waals surface area contributed by atoms with Crippen molar-refractivity contribution >= 4 is 23.8 Å². The second-order valence-corrected chi connectivity index (χ2v) is 5.12. The van der Waals surface area contributed by atoms with Crippen LogP contribution in [0.5, 0.6) is 0 Å². The number of likely N-dealkylation sites (N-methyl/N-ethyl adjacent to an activating group) is 1. The Bertz CT molecular complexity index is 430. The van der Waals surface area contributed by atoms with E-state index in [1.54, 1.807) is 9.80 Å². The van der Waals surface area contributed by atoms with Crippen LogP contribution in [0.15, 0.2) is 0 Å². The number of carbonyl (C=O) groups excluding carboxylic acids is 4. The molecule has 2 aliphatic rings. The van der Waals surface area contributed by atoms with Gasteiger partial charge in [0.25, 0.3) is 0 Å². The molecule has 1 atom stereocenters. The molecule has 8 nitrogen and oxygen atoms in total. The molecule has 0 spiro atoms. The summed E-state index contributed by atoms with van der Waals surface area (Å²) in [5.74, 6) is -1.64. The summed E-state index contributed by atoms with van der Waals surface area (Å²) < 4.78 is 4.44. The number of amides is 2. The average molecular weight is 283 g/mol. The van der Waals surface area contributed by atoms with Crippen molar-refractivity contribution in [1.29, 1.82) is 0 Å². The van der Waals surface area contributed by atoms with Gasteiger partial charge in [-0.2, -0.15) is 0 Å². The van der Waals surface area contributed by atoms with Crippen LogP contribution in [0.1, 0.15) is 6.92 Å². The van der Waals surface area contributed by atoms with E-state index in [4.69, 9.17) is 0 Å². The lowest BCUT2D eigenvalue weighted by molar-refractivity contribution is -0.167. The molecule has 2 heterocycles. The number of carbonyl (C=O) groups is 4. The fraction of sp³-hybridized carbons (Fsp3) is 0.667. The van der Waals surface area contributed by atoms with Crippen LogP contribution in [0.25, 0.3) is 0 Å². The topological polar surface area (TPSA) is 87.2 Å². The molecule has 0 aliphatic carbocycles. The predicted molar refractivity (Wildman–Crippen MR) is 66.4 cm³/mol. The highest BCUT2D eigenvalue weighted by atomic mass is 16.6. The van der Waals surface area contributed by atoms with E-state index in [1.807, 2.05) is 6.92 Å². The molecule has 2 saturated heterocycles. The Morgan fingerprint density at radius 2 is 1.50 bits per heavy atom. The molecule has 8 heteroatoms. The van der Waals surface area contributed by atoms with Crippen molar-refractivity contribution < 1.29 is 23.9 Å². The average Bonchev–Trinajstić information content (AvgIpc) is 2.33. The van der Waals surface area contributed by atoms with Crippen molar-refractivity contribution in [2.45, 2.75) is 13.0 Å². The third-order valence-electron chi connectivity index (χ3n) is 3.50. The molecule has 0 aromatic rings. The minimum atomic E-state index is -0.570. The molecule has 0 unspecified atom stereocenters. The van der Waals surface area contributed by atoms with Crippen LogP contribution in [0.2, 0.25) is 0 Å². The zero-order chi connectivity index (χ0) is 14.9. The van der Waals surface area contributed by atoms with Crippen LogP contribution in [-0.2, 0) is 23.9 Å². The number of esters is 2. The molecular weight excluding hydrogens is 266 g/mol. The highest BCUT2D eigenvalue weighted by Crippen LogP contribution is 2.10. The molecule has 2 amide bonds. The van der Waals surface area contributed by atoms with Crippen LogP contribution in [0, 0.1) is 0 Å². The van der Waals surface area contributed by atoms with Crippen molar-refractivity contribution in [2.75, 3.05) is 39.8 Å². The third kappa shape index (κ3) is 3.20. The second kappa shape index (κ2) is 5.68. The van der Waals surface area contributed by atoms with Crippen molar-refractivity contribution in [3.05, 3.63) is 0 Å². The number of piperazine rings is 1. The van der Waals surface area contributed by atoms with Gasteiger partial charge in [0, 0.05) is 19.6 Å². The molecule has 0 aromatic carbocycles. The van der Waals surface area contributed by atoms with E-state index in [2.05, 4.69) is 4.74 Å². The number of imide groups is 1. The summed E-state index contributed by atoms with van der Waals surface area (Å²) in [4.78, 5) is 50.1. The summed E-state index contributed by atoms with van der Waals surface area (Å²) in [6.45, 7) is 2.70. The van der Waals surface area contributed by atoms with E-state index in [9.17, 15) is 19.2 Å². The monoisotopic (exact) mass is 283 g/mol. The van der Waals surface area contributed by atoms with E-state index in [0.717, 1.165) is 4.90 Å². The Hall–Kier alpha value is -1.80.